The molecule has 0 bridgehead atoms. The molecule has 4 aromatic rings. The summed E-state index contributed by atoms with van der Waals surface area (Å²) in [6.45, 7) is -0.197. The summed E-state index contributed by atoms with van der Waals surface area (Å²) >= 11 is 8.80. The van der Waals surface area contributed by atoms with Gasteiger partial charge in [-0.25, -0.2) is 9.97 Å². The van der Waals surface area contributed by atoms with Crippen molar-refractivity contribution in [3.8, 4) is 39.6 Å². The fourth-order valence-corrected chi connectivity index (χ4v) is 5.58. The molecule has 0 aliphatic carbocycles. The van der Waals surface area contributed by atoms with Crippen LogP contribution in [-0.2, 0) is 15.3 Å². The molecule has 0 aliphatic rings. The Hall–Kier alpha value is -4.13. The number of esters is 1. The minimum Gasteiger partial charge on any atom is -0.491 e. The number of anilines is 1. The van der Waals surface area contributed by atoms with Crippen molar-refractivity contribution in [2.75, 3.05) is 32.2 Å². The van der Waals surface area contributed by atoms with Crippen LogP contribution in [0.2, 0.25) is 5.02 Å². The number of methoxy groups -OCH3 is 1. The SMILES string of the molecule is COC(=O)CNc1nc(SCc2csc(-c3ccc(Cl)cc3)n2)c(C#N)c(-c2ccc(OCCO)cc2)c1C#N. The molecule has 2 aromatic carbocycles. The van der Waals surface area contributed by atoms with E-state index in [0.717, 1.165) is 16.3 Å². The van der Waals surface area contributed by atoms with Crippen molar-refractivity contribution in [1.29, 1.82) is 10.5 Å². The van der Waals surface area contributed by atoms with E-state index in [2.05, 4.69) is 22.4 Å². The standard InChI is InChI=1S/C28H22ClN5O4S2/c1-37-24(36)14-32-26-22(12-30)25(17-4-8-21(9-5-17)38-11-10-35)23(13-31)28(34-26)40-16-20-15-39-27(33-20)18-2-6-19(29)7-3-18/h2-9,15,35H,10-11,14,16H2,1H3,(H,32,34). The molecule has 9 nitrogen and oxygen atoms in total. The van der Waals surface area contributed by atoms with Gasteiger partial charge in [-0.05, 0) is 29.8 Å². The molecule has 0 radical (unpaired) electrons. The smallest absolute Gasteiger partial charge is 0.325 e. The summed E-state index contributed by atoms with van der Waals surface area (Å²) in [5.74, 6) is 0.572. The van der Waals surface area contributed by atoms with E-state index in [9.17, 15) is 15.3 Å². The monoisotopic (exact) mass is 591 g/mol. The second kappa shape index (κ2) is 13.8. The molecule has 2 aromatic heterocycles. The third kappa shape index (κ3) is 6.89. The fourth-order valence-electron chi connectivity index (χ4n) is 3.65. The molecule has 0 aliphatic heterocycles. The lowest BCUT2D eigenvalue weighted by Gasteiger charge is -2.16. The van der Waals surface area contributed by atoms with E-state index in [-0.39, 0.29) is 36.7 Å². The molecule has 0 fully saturated rings. The highest BCUT2D eigenvalue weighted by Gasteiger charge is 2.23. The molecule has 2 heterocycles. The Morgan fingerprint density at radius 1 is 1.07 bits per heavy atom. The lowest BCUT2D eigenvalue weighted by molar-refractivity contribution is -0.138. The molecule has 4 rings (SSSR count). The van der Waals surface area contributed by atoms with Gasteiger partial charge in [0, 0.05) is 27.3 Å². The first-order valence-electron chi connectivity index (χ1n) is 11.8. The largest absolute Gasteiger partial charge is 0.491 e. The minimum absolute atomic E-state index is 0.118. The Balaban J connectivity index is 1.70. The third-order valence-electron chi connectivity index (χ3n) is 5.52. The van der Waals surface area contributed by atoms with Crippen molar-refractivity contribution in [3.05, 3.63) is 75.8 Å². The molecule has 0 atom stereocenters. The Morgan fingerprint density at radius 2 is 1.77 bits per heavy atom. The van der Waals surface area contributed by atoms with Gasteiger partial charge in [-0.15, -0.1) is 11.3 Å². The number of rotatable bonds is 11. The second-order valence-corrected chi connectivity index (χ2v) is 10.3. The second-order valence-electron chi connectivity index (χ2n) is 8.08. The lowest BCUT2D eigenvalue weighted by atomic mass is 9.96. The lowest BCUT2D eigenvalue weighted by Crippen LogP contribution is -2.17. The number of ether oxygens (including phenoxy) is 2. The number of hydrogen-bond donors (Lipinski definition) is 2. The molecule has 0 spiro atoms. The number of halogens is 1. The molecule has 0 amide bonds. The summed E-state index contributed by atoms with van der Waals surface area (Å²) in [7, 11) is 1.26. The predicted octanol–water partition coefficient (Wildman–Crippen LogP) is 5.52. The number of carbonyl (C=O) groups excluding carboxylic acids is 1. The first kappa shape index (κ1) is 28.9. The number of hydrogen-bond acceptors (Lipinski definition) is 11. The van der Waals surface area contributed by atoms with E-state index in [1.54, 1.807) is 24.3 Å². The van der Waals surface area contributed by atoms with Crippen LogP contribution in [-0.4, -0.2) is 47.9 Å². The number of nitriles is 2. The van der Waals surface area contributed by atoms with Gasteiger partial charge in [0.2, 0.25) is 0 Å². The van der Waals surface area contributed by atoms with Crippen LogP contribution in [0.5, 0.6) is 5.75 Å². The van der Waals surface area contributed by atoms with Gasteiger partial charge in [-0.3, -0.25) is 4.79 Å². The van der Waals surface area contributed by atoms with Crippen LogP contribution >= 0.6 is 34.7 Å². The van der Waals surface area contributed by atoms with Gasteiger partial charge in [0.25, 0.3) is 0 Å². The molecular formula is C28H22ClN5O4S2. The van der Waals surface area contributed by atoms with E-state index in [0.29, 0.717) is 32.7 Å². The maximum Gasteiger partial charge on any atom is 0.325 e. The van der Waals surface area contributed by atoms with Crippen LogP contribution < -0.4 is 10.1 Å². The molecule has 0 saturated carbocycles. The number of aliphatic hydroxyl groups is 1. The molecule has 202 valence electrons. The Morgan fingerprint density at radius 3 is 2.42 bits per heavy atom. The van der Waals surface area contributed by atoms with Crippen LogP contribution in [0.3, 0.4) is 0 Å². The van der Waals surface area contributed by atoms with Crippen LogP contribution in [0.1, 0.15) is 16.8 Å². The van der Waals surface area contributed by atoms with E-state index >= 15 is 0 Å². The van der Waals surface area contributed by atoms with E-state index in [1.165, 1.54) is 30.2 Å². The summed E-state index contributed by atoms with van der Waals surface area (Å²) in [6, 6.07) is 18.6. The quantitative estimate of drug-likeness (QED) is 0.169. The zero-order chi connectivity index (χ0) is 28.5. The number of aromatic nitrogens is 2. The Bertz CT molecular complexity index is 1580. The average Bonchev–Trinajstić information content (AvgIpc) is 3.46. The molecule has 12 heteroatoms. The number of nitrogens with one attached hydrogen (secondary N) is 1. The van der Waals surface area contributed by atoms with Crippen molar-refractivity contribution in [2.24, 2.45) is 0 Å². The highest BCUT2D eigenvalue weighted by atomic mass is 35.5. The summed E-state index contributed by atoms with van der Waals surface area (Å²) < 4.78 is 10.2. The van der Waals surface area contributed by atoms with Crippen molar-refractivity contribution in [1.82, 2.24) is 9.97 Å². The van der Waals surface area contributed by atoms with Crippen molar-refractivity contribution < 1.29 is 19.4 Å². The molecule has 2 N–H and O–H groups in total. The highest BCUT2D eigenvalue weighted by molar-refractivity contribution is 7.98. The van der Waals surface area contributed by atoms with E-state index < -0.39 is 5.97 Å². The number of carbonyl (C=O) groups is 1. The maximum atomic E-state index is 11.8. The third-order valence-corrected chi connectivity index (χ3v) is 7.72. The molecule has 40 heavy (non-hydrogen) atoms. The summed E-state index contributed by atoms with van der Waals surface area (Å²) in [5, 5.41) is 35.9. The Kier molecular flexibility index (Phi) is 9.95. The number of nitrogens with zero attached hydrogens (tertiary/aromatic N) is 4. The first-order valence-corrected chi connectivity index (χ1v) is 14.1. The fraction of sp³-hybridized carbons (Fsp3) is 0.179. The van der Waals surface area contributed by atoms with Crippen LogP contribution in [0, 0.1) is 22.7 Å². The van der Waals surface area contributed by atoms with Gasteiger partial charge in [0.1, 0.15) is 52.5 Å². The van der Waals surface area contributed by atoms with Gasteiger partial charge in [-0.2, -0.15) is 10.5 Å². The molecule has 0 saturated heterocycles. The van der Waals surface area contributed by atoms with Gasteiger partial charge < -0.3 is 19.9 Å². The number of benzene rings is 2. The highest BCUT2D eigenvalue weighted by Crippen LogP contribution is 2.38. The minimum atomic E-state index is -0.534. The Labute approximate surface area is 244 Å². The number of aliphatic hydroxyl groups excluding tert-OH is 1. The average molecular weight is 592 g/mol. The number of thiazole rings is 1. The van der Waals surface area contributed by atoms with Crippen molar-refractivity contribution in [3.63, 3.8) is 0 Å². The van der Waals surface area contributed by atoms with Crippen LogP contribution in [0.25, 0.3) is 21.7 Å². The summed E-state index contributed by atoms with van der Waals surface area (Å²) in [5.41, 5.74) is 3.06. The van der Waals surface area contributed by atoms with Gasteiger partial charge in [0.15, 0.2) is 0 Å². The zero-order valence-corrected chi connectivity index (χ0v) is 23.6. The maximum absolute atomic E-state index is 11.8. The van der Waals surface area contributed by atoms with Crippen molar-refractivity contribution in [2.45, 2.75) is 10.8 Å². The first-order chi connectivity index (χ1) is 19.5. The topological polar surface area (TPSA) is 141 Å². The van der Waals surface area contributed by atoms with E-state index in [1.807, 2.05) is 29.6 Å². The van der Waals surface area contributed by atoms with Gasteiger partial charge in [-0.1, -0.05) is 47.6 Å². The number of pyridine rings is 1. The zero-order valence-electron chi connectivity index (χ0n) is 21.2. The number of thioether (sulfide) groups is 1. The van der Waals surface area contributed by atoms with Gasteiger partial charge in [0.05, 0.1) is 25.0 Å². The normalized spacial score (nSPS) is 10.4. The summed E-state index contributed by atoms with van der Waals surface area (Å²) in [4.78, 5) is 21.1. The molecular weight excluding hydrogens is 570 g/mol. The van der Waals surface area contributed by atoms with Crippen molar-refractivity contribution >= 4 is 46.5 Å². The van der Waals surface area contributed by atoms with Crippen LogP contribution in [0.15, 0.2) is 58.9 Å². The van der Waals surface area contributed by atoms with Gasteiger partial charge >= 0.3 is 5.97 Å². The predicted molar refractivity (Wildman–Crippen MR) is 154 cm³/mol. The molecule has 0 unspecified atom stereocenters. The summed E-state index contributed by atoms with van der Waals surface area (Å²) in [6.07, 6.45) is 0. The van der Waals surface area contributed by atoms with Crippen LogP contribution in [0.4, 0.5) is 5.82 Å². The van der Waals surface area contributed by atoms with E-state index in [4.69, 9.17) is 31.2 Å².